The number of urea groups is 1. The summed E-state index contributed by atoms with van der Waals surface area (Å²) in [4.78, 5) is 55.7. The molecule has 0 spiro atoms. The molecule has 246 valence electrons. The van der Waals surface area contributed by atoms with Gasteiger partial charge in [-0.1, -0.05) is 30.3 Å². The minimum absolute atomic E-state index is 0.0108. The van der Waals surface area contributed by atoms with Gasteiger partial charge in [0.05, 0.1) is 5.92 Å². The lowest BCUT2D eigenvalue weighted by Gasteiger charge is -2.37. The summed E-state index contributed by atoms with van der Waals surface area (Å²) in [5.41, 5.74) is 2.41. The molecule has 0 atom stereocenters. The number of rotatable bonds is 8. The molecule has 4 amide bonds. The lowest BCUT2D eigenvalue weighted by Crippen LogP contribution is -2.54. The Balaban J connectivity index is 0.976. The number of nitrogens with zero attached hydrogens (tertiary/aromatic N) is 3. The van der Waals surface area contributed by atoms with Crippen LogP contribution in [-0.2, 0) is 25.7 Å². The zero-order chi connectivity index (χ0) is 32.3. The van der Waals surface area contributed by atoms with Crippen LogP contribution in [0.1, 0.15) is 56.1 Å². The number of amidine groups is 1. The Hall–Kier alpha value is -4.61. The summed E-state index contributed by atoms with van der Waals surface area (Å²) in [5, 5.41) is 13.8. The van der Waals surface area contributed by atoms with Crippen LogP contribution in [0.5, 0.6) is 0 Å². The van der Waals surface area contributed by atoms with Crippen molar-refractivity contribution in [3.8, 4) is 0 Å². The van der Waals surface area contributed by atoms with Crippen LogP contribution in [0.15, 0.2) is 54.6 Å². The number of piperazine rings is 1. The minimum Gasteiger partial charge on any atom is -0.455 e. The van der Waals surface area contributed by atoms with Crippen LogP contribution in [0.25, 0.3) is 0 Å². The zero-order valence-electron chi connectivity index (χ0n) is 26.2. The number of esters is 1. The summed E-state index contributed by atoms with van der Waals surface area (Å²) in [7, 11) is 0. The maximum atomic E-state index is 13.0. The average molecular weight is 633 g/mol. The molecule has 2 aliphatic heterocycles. The van der Waals surface area contributed by atoms with Crippen molar-refractivity contribution in [2.24, 2.45) is 5.92 Å². The summed E-state index contributed by atoms with van der Waals surface area (Å²) in [6.07, 6.45) is 5.13. The summed E-state index contributed by atoms with van der Waals surface area (Å²) >= 11 is 0. The Labute approximate surface area is 269 Å². The van der Waals surface area contributed by atoms with Crippen LogP contribution in [-0.4, -0.2) is 91.6 Å². The second kappa shape index (κ2) is 16.1. The standard InChI is InChI=1S/C34H44N6O6/c35-31(37-34(44)46-23-25-7-3-1-4-8-25)26-11-15-29(16-12-26)38-19-21-40(22-20-38)33(43)36-28-13-9-27(10-14-28)32(42)45-24-30(41)39-17-5-2-6-18-39/h1,3-4,7-8,11-12,15-16,27-28H,2,5-6,9-10,13-14,17-24H2,(H,36,43)(H2,35,37,44). The lowest BCUT2D eigenvalue weighted by molar-refractivity contribution is -0.156. The maximum absolute atomic E-state index is 13.0. The monoisotopic (exact) mass is 632 g/mol. The third kappa shape index (κ3) is 9.21. The topological polar surface area (TPSA) is 144 Å². The maximum Gasteiger partial charge on any atom is 0.413 e. The minimum atomic E-state index is -0.681. The number of alkyl carbamates (subject to hydrolysis) is 1. The molecule has 1 aliphatic carbocycles. The predicted octanol–water partition coefficient (Wildman–Crippen LogP) is 3.88. The summed E-state index contributed by atoms with van der Waals surface area (Å²) < 4.78 is 10.5. The normalized spacial score (nSPS) is 20.0. The van der Waals surface area contributed by atoms with Gasteiger partial charge in [-0.15, -0.1) is 0 Å². The van der Waals surface area contributed by atoms with Gasteiger partial charge >= 0.3 is 18.1 Å². The fourth-order valence-corrected chi connectivity index (χ4v) is 6.16. The van der Waals surface area contributed by atoms with Crippen molar-refractivity contribution >= 4 is 35.5 Å². The fourth-order valence-electron chi connectivity index (χ4n) is 6.16. The first-order valence-corrected chi connectivity index (χ1v) is 16.3. The van der Waals surface area contributed by atoms with Crippen molar-refractivity contribution in [2.45, 2.75) is 57.6 Å². The molecular formula is C34H44N6O6. The largest absolute Gasteiger partial charge is 0.455 e. The first-order valence-electron chi connectivity index (χ1n) is 16.3. The number of hydrogen-bond acceptors (Lipinski definition) is 8. The van der Waals surface area contributed by atoms with E-state index in [1.165, 1.54) is 0 Å². The molecule has 2 heterocycles. The van der Waals surface area contributed by atoms with Crippen LogP contribution in [0.2, 0.25) is 0 Å². The van der Waals surface area contributed by atoms with E-state index < -0.39 is 6.09 Å². The van der Waals surface area contributed by atoms with Gasteiger partial charge in [0.1, 0.15) is 12.4 Å². The Bertz CT molecular complexity index is 1350. The van der Waals surface area contributed by atoms with Crippen molar-refractivity contribution in [1.29, 1.82) is 5.41 Å². The van der Waals surface area contributed by atoms with E-state index in [1.807, 2.05) is 47.4 Å². The molecule has 12 heteroatoms. The van der Waals surface area contributed by atoms with Crippen molar-refractivity contribution in [1.82, 2.24) is 20.4 Å². The van der Waals surface area contributed by atoms with Crippen LogP contribution in [0.3, 0.4) is 0 Å². The molecule has 5 rings (SSSR count). The zero-order valence-corrected chi connectivity index (χ0v) is 26.2. The molecule has 2 saturated heterocycles. The SMILES string of the molecule is N=C(NC(=O)OCc1ccccc1)c1ccc(N2CCN(C(=O)NC3CCC(C(=O)OCC(=O)N4CCCCC4)CC3)CC2)cc1. The van der Waals surface area contributed by atoms with E-state index in [0.29, 0.717) is 57.4 Å². The molecular weight excluding hydrogens is 588 g/mol. The number of nitrogens with one attached hydrogen (secondary N) is 3. The first kappa shape index (κ1) is 32.8. The number of carbonyl (C=O) groups is 4. The third-order valence-corrected chi connectivity index (χ3v) is 8.96. The summed E-state index contributed by atoms with van der Waals surface area (Å²) in [5.74, 6) is -0.697. The molecule has 3 aliphatic rings. The van der Waals surface area contributed by atoms with Gasteiger partial charge in [-0.2, -0.15) is 0 Å². The highest BCUT2D eigenvalue weighted by Crippen LogP contribution is 2.26. The highest BCUT2D eigenvalue weighted by atomic mass is 16.5. The summed E-state index contributed by atoms with van der Waals surface area (Å²) in [6.45, 7) is 3.92. The van der Waals surface area contributed by atoms with Crippen LogP contribution in [0, 0.1) is 11.3 Å². The first-order chi connectivity index (χ1) is 22.4. The van der Waals surface area contributed by atoms with Gasteiger partial charge in [0.2, 0.25) is 0 Å². The van der Waals surface area contributed by atoms with Gasteiger partial charge in [0.15, 0.2) is 6.61 Å². The molecule has 3 fully saturated rings. The molecule has 0 unspecified atom stereocenters. The van der Waals surface area contributed by atoms with E-state index in [-0.39, 0.29) is 48.9 Å². The van der Waals surface area contributed by atoms with Crippen molar-refractivity contribution in [2.75, 3.05) is 50.8 Å². The highest BCUT2D eigenvalue weighted by Gasteiger charge is 2.30. The number of benzene rings is 2. The number of ether oxygens (including phenoxy) is 2. The van der Waals surface area contributed by atoms with Crippen molar-refractivity contribution in [3.05, 3.63) is 65.7 Å². The number of carbonyl (C=O) groups excluding carboxylic acids is 4. The molecule has 2 aromatic rings. The van der Waals surface area contributed by atoms with E-state index >= 15 is 0 Å². The van der Waals surface area contributed by atoms with Crippen LogP contribution in [0.4, 0.5) is 15.3 Å². The molecule has 2 aromatic carbocycles. The third-order valence-electron chi connectivity index (χ3n) is 8.96. The molecule has 0 bridgehead atoms. The van der Waals surface area contributed by atoms with Crippen molar-refractivity contribution < 1.29 is 28.7 Å². The van der Waals surface area contributed by atoms with E-state index in [0.717, 1.165) is 43.6 Å². The molecule has 12 nitrogen and oxygen atoms in total. The molecule has 0 radical (unpaired) electrons. The van der Waals surface area contributed by atoms with Gasteiger partial charge < -0.3 is 29.5 Å². The van der Waals surface area contributed by atoms with Gasteiger partial charge in [-0.05, 0) is 74.8 Å². The molecule has 46 heavy (non-hydrogen) atoms. The lowest BCUT2D eigenvalue weighted by atomic mass is 9.86. The Morgan fingerprint density at radius 1 is 0.761 bits per heavy atom. The highest BCUT2D eigenvalue weighted by molar-refractivity contribution is 6.04. The Morgan fingerprint density at radius 3 is 2.11 bits per heavy atom. The molecule has 3 N–H and O–H groups in total. The Kier molecular flexibility index (Phi) is 11.5. The van der Waals surface area contributed by atoms with Crippen LogP contribution < -0.4 is 15.5 Å². The predicted molar refractivity (Wildman–Crippen MR) is 172 cm³/mol. The number of likely N-dealkylation sites (tertiary alicyclic amines) is 1. The molecule has 0 aromatic heterocycles. The van der Waals surface area contributed by atoms with Gasteiger partial charge in [-0.25, -0.2) is 9.59 Å². The summed E-state index contributed by atoms with van der Waals surface area (Å²) in [6, 6.07) is 16.7. The Morgan fingerprint density at radius 2 is 1.43 bits per heavy atom. The number of amides is 4. The van der Waals surface area contributed by atoms with E-state index in [2.05, 4.69) is 15.5 Å². The van der Waals surface area contributed by atoms with E-state index in [4.69, 9.17) is 14.9 Å². The smallest absolute Gasteiger partial charge is 0.413 e. The second-order valence-electron chi connectivity index (χ2n) is 12.1. The van der Waals surface area contributed by atoms with Crippen molar-refractivity contribution in [3.63, 3.8) is 0 Å². The quantitative estimate of drug-likeness (QED) is 0.228. The fraction of sp³-hybridized carbons (Fsp3) is 0.500. The van der Waals surface area contributed by atoms with E-state index in [1.54, 1.807) is 17.0 Å². The van der Waals surface area contributed by atoms with Gasteiger partial charge in [0, 0.05) is 56.6 Å². The number of piperidine rings is 1. The van der Waals surface area contributed by atoms with Gasteiger partial charge in [0.25, 0.3) is 5.91 Å². The van der Waals surface area contributed by atoms with Crippen LogP contribution >= 0.6 is 0 Å². The average Bonchev–Trinajstić information content (AvgIpc) is 3.10. The van der Waals surface area contributed by atoms with Gasteiger partial charge in [-0.3, -0.25) is 20.3 Å². The second-order valence-corrected chi connectivity index (χ2v) is 12.1. The molecule has 1 saturated carbocycles. The number of anilines is 1. The number of hydrogen-bond donors (Lipinski definition) is 3. The van der Waals surface area contributed by atoms with E-state index in [9.17, 15) is 19.2 Å².